The highest BCUT2D eigenvalue weighted by molar-refractivity contribution is 7.90. The number of ether oxygens (including phenoxy) is 1. The first-order chi connectivity index (χ1) is 10.0. The molecule has 0 aliphatic carbocycles. The van der Waals surface area contributed by atoms with Crippen molar-refractivity contribution in [3.63, 3.8) is 0 Å². The number of nitrogens with one attached hydrogen (secondary N) is 1. The number of alkyl halides is 2. The monoisotopic (exact) mass is 337 g/mol. The molecule has 0 heterocycles. The lowest BCUT2D eigenvalue weighted by Crippen LogP contribution is -2.40. The number of halogens is 3. The number of hydrogen-bond acceptors (Lipinski definition) is 3. The van der Waals surface area contributed by atoms with Crippen molar-refractivity contribution in [1.29, 1.82) is 0 Å². The van der Waals surface area contributed by atoms with Gasteiger partial charge in [-0.3, -0.25) is 0 Å². The van der Waals surface area contributed by atoms with Gasteiger partial charge < -0.3 is 9.29 Å². The van der Waals surface area contributed by atoms with Gasteiger partial charge >= 0.3 is 0 Å². The van der Waals surface area contributed by atoms with Gasteiger partial charge in [0, 0.05) is 24.0 Å². The van der Waals surface area contributed by atoms with Crippen LogP contribution in [0, 0.1) is 5.82 Å². The highest BCUT2D eigenvalue weighted by Gasteiger charge is 2.36. The second kappa shape index (κ2) is 7.21. The van der Waals surface area contributed by atoms with Crippen LogP contribution in [0.2, 0.25) is 0 Å². The lowest BCUT2D eigenvalue weighted by Gasteiger charge is -2.27. The van der Waals surface area contributed by atoms with E-state index in [2.05, 4.69) is 9.46 Å². The van der Waals surface area contributed by atoms with Crippen LogP contribution in [0.3, 0.4) is 0 Å². The molecule has 1 N–H and O–H groups in total. The van der Waals surface area contributed by atoms with Crippen molar-refractivity contribution in [3.05, 3.63) is 35.1 Å². The Balaban J connectivity index is 3.07. The fourth-order valence-corrected chi connectivity index (χ4v) is 2.63. The standard InChI is InChI=1S/C15H22F3NO2S/c1-10(19-22(20)14(2,3)4)11-7-6-8-12(13(11)16)15(17,18)9-21-5/h6-8,10,19H,9H2,1-5H3/t10-,22-/m1/s1. The zero-order valence-corrected chi connectivity index (χ0v) is 14.2. The van der Waals surface area contributed by atoms with Crippen LogP contribution in [-0.2, 0) is 22.0 Å². The second-order valence-corrected chi connectivity index (χ2v) is 8.06. The van der Waals surface area contributed by atoms with E-state index in [1.165, 1.54) is 12.1 Å². The third-order valence-electron chi connectivity index (χ3n) is 3.05. The summed E-state index contributed by atoms with van der Waals surface area (Å²) in [4.78, 5) is 0. The molecule has 0 amide bonds. The summed E-state index contributed by atoms with van der Waals surface area (Å²) in [6.45, 7) is 5.98. The summed E-state index contributed by atoms with van der Waals surface area (Å²) in [6.07, 6.45) is 0. The fraction of sp³-hybridized carbons (Fsp3) is 0.600. The molecule has 1 aromatic rings. The Bertz CT molecular complexity index is 506. The van der Waals surface area contributed by atoms with Crippen molar-refractivity contribution in [2.45, 2.75) is 44.4 Å². The zero-order chi connectivity index (χ0) is 17.1. The van der Waals surface area contributed by atoms with E-state index in [1.807, 2.05) is 0 Å². The van der Waals surface area contributed by atoms with Crippen LogP contribution in [0.15, 0.2) is 18.2 Å². The molecule has 0 saturated carbocycles. The molecule has 0 radical (unpaired) electrons. The molecule has 0 saturated heterocycles. The number of rotatable bonds is 6. The molecule has 2 atom stereocenters. The van der Waals surface area contributed by atoms with E-state index < -0.39 is 46.1 Å². The minimum absolute atomic E-state index is 0.0471. The predicted octanol–water partition coefficient (Wildman–Crippen LogP) is 3.68. The van der Waals surface area contributed by atoms with Gasteiger partial charge in [0.25, 0.3) is 5.92 Å². The normalized spacial score (nSPS) is 15.7. The molecule has 0 aliphatic heterocycles. The summed E-state index contributed by atoms with van der Waals surface area (Å²) in [5.74, 6) is -4.42. The fourth-order valence-electron chi connectivity index (χ4n) is 1.83. The van der Waals surface area contributed by atoms with E-state index >= 15 is 0 Å². The second-order valence-electron chi connectivity index (χ2n) is 6.07. The molecular weight excluding hydrogens is 315 g/mol. The van der Waals surface area contributed by atoms with Crippen LogP contribution in [0.5, 0.6) is 0 Å². The van der Waals surface area contributed by atoms with E-state index in [0.29, 0.717) is 0 Å². The SMILES string of the molecule is COCC(F)(F)c1cccc([C@@H](C)N[S@+]([O-])C(C)(C)C)c1F. The molecule has 1 aromatic carbocycles. The first-order valence-corrected chi connectivity index (χ1v) is 7.99. The van der Waals surface area contributed by atoms with Gasteiger partial charge in [0.2, 0.25) is 0 Å². The first-order valence-electron chi connectivity index (χ1n) is 6.84. The van der Waals surface area contributed by atoms with Crippen molar-refractivity contribution < 1.29 is 22.5 Å². The highest BCUT2D eigenvalue weighted by atomic mass is 32.2. The summed E-state index contributed by atoms with van der Waals surface area (Å²) < 4.78 is 60.9. The molecule has 7 heteroatoms. The Morgan fingerprint density at radius 1 is 1.32 bits per heavy atom. The van der Waals surface area contributed by atoms with E-state index in [1.54, 1.807) is 27.7 Å². The van der Waals surface area contributed by atoms with Crippen molar-refractivity contribution >= 4 is 11.4 Å². The first kappa shape index (κ1) is 19.3. The minimum Gasteiger partial charge on any atom is -0.598 e. The lowest BCUT2D eigenvalue weighted by atomic mass is 10.0. The van der Waals surface area contributed by atoms with Crippen LogP contribution < -0.4 is 4.72 Å². The number of methoxy groups -OCH3 is 1. The van der Waals surface area contributed by atoms with Crippen LogP contribution in [-0.4, -0.2) is 23.0 Å². The predicted molar refractivity (Wildman–Crippen MR) is 81.6 cm³/mol. The van der Waals surface area contributed by atoms with Gasteiger partial charge in [-0.1, -0.05) is 12.1 Å². The average Bonchev–Trinajstić information content (AvgIpc) is 2.37. The average molecular weight is 337 g/mol. The summed E-state index contributed by atoms with van der Waals surface area (Å²) in [6, 6.07) is 3.12. The summed E-state index contributed by atoms with van der Waals surface area (Å²) in [7, 11) is 1.13. The lowest BCUT2D eigenvalue weighted by molar-refractivity contribution is -0.0722. The Labute approximate surface area is 132 Å². The van der Waals surface area contributed by atoms with Crippen molar-refractivity contribution in [2.75, 3.05) is 13.7 Å². The summed E-state index contributed by atoms with van der Waals surface area (Å²) in [5.41, 5.74) is -0.673. The molecule has 126 valence electrons. The smallest absolute Gasteiger partial charge is 0.298 e. The third-order valence-corrected chi connectivity index (χ3v) is 4.73. The van der Waals surface area contributed by atoms with Crippen LogP contribution in [0.1, 0.15) is 44.9 Å². The van der Waals surface area contributed by atoms with Gasteiger partial charge in [-0.05, 0) is 33.8 Å². The van der Waals surface area contributed by atoms with E-state index in [0.717, 1.165) is 13.2 Å². The minimum atomic E-state index is -3.42. The number of benzene rings is 1. The van der Waals surface area contributed by atoms with Crippen LogP contribution in [0.25, 0.3) is 0 Å². The molecule has 0 fully saturated rings. The van der Waals surface area contributed by atoms with Crippen molar-refractivity contribution in [2.24, 2.45) is 0 Å². The van der Waals surface area contributed by atoms with E-state index in [9.17, 15) is 17.7 Å². The largest absolute Gasteiger partial charge is 0.598 e. The van der Waals surface area contributed by atoms with Gasteiger partial charge in [0.05, 0.1) is 11.6 Å². The highest BCUT2D eigenvalue weighted by Crippen LogP contribution is 2.33. The van der Waals surface area contributed by atoms with Gasteiger partial charge in [0.1, 0.15) is 17.2 Å². The quantitative estimate of drug-likeness (QED) is 0.806. The zero-order valence-electron chi connectivity index (χ0n) is 13.4. The molecule has 22 heavy (non-hydrogen) atoms. The molecule has 0 aromatic heterocycles. The molecule has 0 bridgehead atoms. The Morgan fingerprint density at radius 2 is 1.91 bits per heavy atom. The van der Waals surface area contributed by atoms with E-state index in [4.69, 9.17) is 0 Å². The topological polar surface area (TPSA) is 44.3 Å². The summed E-state index contributed by atoms with van der Waals surface area (Å²) >= 11 is -1.44. The maximum absolute atomic E-state index is 14.4. The van der Waals surface area contributed by atoms with Crippen molar-refractivity contribution in [3.8, 4) is 0 Å². The van der Waals surface area contributed by atoms with Gasteiger partial charge in [-0.15, -0.1) is 4.72 Å². The Morgan fingerprint density at radius 3 is 2.41 bits per heavy atom. The maximum atomic E-state index is 14.4. The van der Waals surface area contributed by atoms with Gasteiger partial charge in [-0.25, -0.2) is 4.39 Å². The maximum Gasteiger partial charge on any atom is 0.298 e. The molecule has 0 unspecified atom stereocenters. The third kappa shape index (κ3) is 4.62. The van der Waals surface area contributed by atoms with Crippen molar-refractivity contribution in [1.82, 2.24) is 4.72 Å². The van der Waals surface area contributed by atoms with Crippen LogP contribution in [0.4, 0.5) is 13.2 Å². The Kier molecular flexibility index (Phi) is 6.32. The van der Waals surface area contributed by atoms with Gasteiger partial charge in [0.15, 0.2) is 0 Å². The molecule has 3 nitrogen and oxygen atoms in total. The number of hydrogen-bond donors (Lipinski definition) is 1. The van der Waals surface area contributed by atoms with E-state index in [-0.39, 0.29) is 5.56 Å². The molecule has 0 spiro atoms. The Hall–Kier alpha value is -0.760. The summed E-state index contributed by atoms with van der Waals surface area (Å²) in [5, 5.41) is 0. The molecule has 0 aliphatic rings. The molecular formula is C15H22F3NO2S. The molecule has 1 rings (SSSR count). The van der Waals surface area contributed by atoms with Gasteiger partial charge in [-0.2, -0.15) is 8.78 Å². The van der Waals surface area contributed by atoms with Crippen LogP contribution >= 0.6 is 0 Å².